The molecule has 1 rings (SSSR count). The van der Waals surface area contributed by atoms with Crippen LogP contribution in [0.4, 0.5) is 13.2 Å². The molecular formula is C12H12F3NO3. The largest absolute Gasteiger partial charge is 0.480 e. The summed E-state index contributed by atoms with van der Waals surface area (Å²) in [6.45, 7) is 2.37. The second-order valence-electron chi connectivity index (χ2n) is 4.43. The predicted molar refractivity (Wildman–Crippen MR) is 60.6 cm³/mol. The Bertz CT molecular complexity index is 509. The van der Waals surface area contributed by atoms with Crippen LogP contribution in [0.15, 0.2) is 24.3 Å². The molecule has 0 saturated carbocycles. The van der Waals surface area contributed by atoms with Gasteiger partial charge < -0.3 is 10.4 Å². The van der Waals surface area contributed by atoms with Crippen molar-refractivity contribution < 1.29 is 27.9 Å². The van der Waals surface area contributed by atoms with Crippen LogP contribution in [0.25, 0.3) is 0 Å². The molecule has 7 heteroatoms. The van der Waals surface area contributed by atoms with E-state index in [0.717, 1.165) is 18.2 Å². The van der Waals surface area contributed by atoms with E-state index >= 15 is 0 Å². The van der Waals surface area contributed by atoms with Crippen molar-refractivity contribution in [2.24, 2.45) is 0 Å². The van der Waals surface area contributed by atoms with Crippen molar-refractivity contribution in [1.29, 1.82) is 0 Å². The highest BCUT2D eigenvalue weighted by atomic mass is 19.4. The fraction of sp³-hybridized carbons (Fsp3) is 0.333. The minimum atomic E-state index is -4.68. The number of aliphatic carboxylic acids is 1. The van der Waals surface area contributed by atoms with Crippen LogP contribution < -0.4 is 5.32 Å². The predicted octanol–water partition coefficient (Wildman–Crippen LogP) is 2.30. The molecule has 0 aliphatic rings. The average molecular weight is 275 g/mol. The number of alkyl halides is 3. The smallest absolute Gasteiger partial charge is 0.417 e. The van der Waals surface area contributed by atoms with Crippen LogP contribution in [-0.2, 0) is 11.0 Å². The molecule has 1 aromatic rings. The molecule has 0 saturated heterocycles. The summed E-state index contributed by atoms with van der Waals surface area (Å²) >= 11 is 0. The summed E-state index contributed by atoms with van der Waals surface area (Å²) in [5.74, 6) is -2.43. The van der Waals surface area contributed by atoms with Crippen LogP contribution in [0.3, 0.4) is 0 Å². The number of hydrogen-bond donors (Lipinski definition) is 2. The van der Waals surface area contributed by atoms with Crippen LogP contribution in [0.2, 0.25) is 0 Å². The van der Waals surface area contributed by atoms with Gasteiger partial charge in [0.05, 0.1) is 11.1 Å². The maximum absolute atomic E-state index is 12.7. The van der Waals surface area contributed by atoms with E-state index in [-0.39, 0.29) is 0 Å². The van der Waals surface area contributed by atoms with E-state index in [9.17, 15) is 22.8 Å². The first kappa shape index (κ1) is 15.0. The molecule has 0 heterocycles. The van der Waals surface area contributed by atoms with Gasteiger partial charge in [0.2, 0.25) is 0 Å². The van der Waals surface area contributed by atoms with Gasteiger partial charge in [0, 0.05) is 0 Å². The second-order valence-corrected chi connectivity index (χ2v) is 4.43. The average Bonchev–Trinajstić information content (AvgIpc) is 2.27. The number of carboxylic acids is 1. The Morgan fingerprint density at radius 1 is 1.16 bits per heavy atom. The highest BCUT2D eigenvalue weighted by Gasteiger charge is 2.37. The number of hydrogen-bond acceptors (Lipinski definition) is 2. The summed E-state index contributed by atoms with van der Waals surface area (Å²) in [5.41, 5.74) is -3.37. The molecule has 1 aromatic carbocycles. The van der Waals surface area contributed by atoms with Gasteiger partial charge >= 0.3 is 12.1 Å². The molecule has 0 spiro atoms. The number of carbonyl (C=O) groups excluding carboxylic acids is 1. The lowest BCUT2D eigenvalue weighted by atomic mass is 10.0. The Balaban J connectivity index is 3.12. The number of rotatable bonds is 3. The molecule has 0 aliphatic carbocycles. The number of amides is 1. The van der Waals surface area contributed by atoms with E-state index in [1.807, 2.05) is 5.32 Å². The normalized spacial score (nSPS) is 12.1. The van der Waals surface area contributed by atoms with Crippen molar-refractivity contribution in [3.05, 3.63) is 35.4 Å². The molecule has 0 bridgehead atoms. The van der Waals surface area contributed by atoms with E-state index in [1.54, 1.807) is 0 Å². The van der Waals surface area contributed by atoms with E-state index in [1.165, 1.54) is 19.9 Å². The second kappa shape index (κ2) is 4.91. The Morgan fingerprint density at radius 3 is 2.16 bits per heavy atom. The molecule has 0 unspecified atom stereocenters. The summed E-state index contributed by atoms with van der Waals surface area (Å²) in [4.78, 5) is 22.6. The van der Waals surface area contributed by atoms with Crippen molar-refractivity contribution >= 4 is 11.9 Å². The Kier molecular flexibility index (Phi) is 3.88. The Labute approximate surface area is 107 Å². The van der Waals surface area contributed by atoms with Gasteiger partial charge in [-0.05, 0) is 26.0 Å². The minimum absolute atomic E-state index is 0.607. The van der Waals surface area contributed by atoms with Crippen LogP contribution in [0, 0.1) is 0 Å². The van der Waals surface area contributed by atoms with Gasteiger partial charge in [-0.15, -0.1) is 0 Å². The fourth-order valence-electron chi connectivity index (χ4n) is 1.33. The number of carboxylic acid groups (broad SMARTS) is 1. The standard InChI is InChI=1S/C12H12F3NO3/c1-11(2,10(18)19)16-9(17)7-5-3-4-6-8(7)12(13,14)15/h3-6H,1-2H3,(H,16,17)(H,18,19). The Hall–Kier alpha value is -2.05. The Morgan fingerprint density at radius 2 is 1.68 bits per heavy atom. The molecule has 1 amide bonds. The van der Waals surface area contributed by atoms with Crippen LogP contribution in [0.5, 0.6) is 0 Å². The summed E-state index contributed by atoms with van der Waals surface area (Å²) in [7, 11) is 0. The molecule has 0 aromatic heterocycles. The third kappa shape index (κ3) is 3.46. The highest BCUT2D eigenvalue weighted by Crippen LogP contribution is 2.31. The van der Waals surface area contributed by atoms with Crippen molar-refractivity contribution in [1.82, 2.24) is 5.32 Å². The first-order chi connectivity index (χ1) is 8.55. The van der Waals surface area contributed by atoms with E-state index in [4.69, 9.17) is 5.11 Å². The quantitative estimate of drug-likeness (QED) is 0.889. The maximum atomic E-state index is 12.7. The maximum Gasteiger partial charge on any atom is 0.417 e. The molecular weight excluding hydrogens is 263 g/mol. The first-order valence-corrected chi connectivity index (χ1v) is 5.28. The minimum Gasteiger partial charge on any atom is -0.480 e. The topological polar surface area (TPSA) is 66.4 Å². The molecule has 2 N–H and O–H groups in total. The van der Waals surface area contributed by atoms with Gasteiger partial charge in [-0.3, -0.25) is 4.79 Å². The molecule has 4 nitrogen and oxygen atoms in total. The van der Waals surface area contributed by atoms with Crippen molar-refractivity contribution in [3.63, 3.8) is 0 Å². The molecule has 0 atom stereocenters. The zero-order valence-electron chi connectivity index (χ0n) is 10.2. The monoisotopic (exact) mass is 275 g/mol. The van der Waals surface area contributed by atoms with Gasteiger partial charge in [-0.25, -0.2) is 4.79 Å². The number of benzene rings is 1. The van der Waals surface area contributed by atoms with Gasteiger partial charge in [-0.2, -0.15) is 13.2 Å². The van der Waals surface area contributed by atoms with Gasteiger partial charge in [-0.1, -0.05) is 12.1 Å². The lowest BCUT2D eigenvalue weighted by Crippen LogP contribution is -2.50. The van der Waals surface area contributed by atoms with Gasteiger partial charge in [0.15, 0.2) is 0 Å². The van der Waals surface area contributed by atoms with Crippen LogP contribution >= 0.6 is 0 Å². The summed E-state index contributed by atoms with van der Waals surface area (Å²) < 4.78 is 38.1. The van der Waals surface area contributed by atoms with Gasteiger partial charge in [0.25, 0.3) is 5.91 Å². The van der Waals surface area contributed by atoms with Crippen LogP contribution in [0.1, 0.15) is 29.8 Å². The molecule has 0 aliphatic heterocycles. The van der Waals surface area contributed by atoms with Crippen molar-refractivity contribution in [2.75, 3.05) is 0 Å². The third-order valence-corrected chi connectivity index (χ3v) is 2.44. The highest BCUT2D eigenvalue weighted by molar-refractivity contribution is 5.98. The molecule has 19 heavy (non-hydrogen) atoms. The van der Waals surface area contributed by atoms with E-state index in [2.05, 4.69) is 0 Å². The van der Waals surface area contributed by atoms with Crippen molar-refractivity contribution in [3.8, 4) is 0 Å². The summed E-state index contributed by atoms with van der Waals surface area (Å²) in [6.07, 6.45) is -4.68. The number of carbonyl (C=O) groups is 2. The lowest BCUT2D eigenvalue weighted by molar-refractivity contribution is -0.143. The number of halogens is 3. The molecule has 0 radical (unpaired) electrons. The molecule has 104 valence electrons. The van der Waals surface area contributed by atoms with E-state index in [0.29, 0.717) is 0 Å². The van der Waals surface area contributed by atoms with Gasteiger partial charge in [0.1, 0.15) is 5.54 Å². The lowest BCUT2D eigenvalue weighted by Gasteiger charge is -2.22. The summed E-state index contributed by atoms with van der Waals surface area (Å²) in [5, 5.41) is 10.9. The number of nitrogens with one attached hydrogen (secondary N) is 1. The summed E-state index contributed by atoms with van der Waals surface area (Å²) in [6, 6.07) is 4.19. The molecule has 0 fully saturated rings. The zero-order valence-corrected chi connectivity index (χ0v) is 10.2. The zero-order chi connectivity index (χ0) is 14.8. The van der Waals surface area contributed by atoms with E-state index < -0.39 is 34.7 Å². The fourth-order valence-corrected chi connectivity index (χ4v) is 1.33. The third-order valence-electron chi connectivity index (χ3n) is 2.44. The van der Waals surface area contributed by atoms with Crippen LogP contribution in [-0.4, -0.2) is 22.5 Å². The SMILES string of the molecule is CC(C)(NC(=O)c1ccccc1C(F)(F)F)C(=O)O. The van der Waals surface area contributed by atoms with Crippen molar-refractivity contribution in [2.45, 2.75) is 25.6 Å². The first-order valence-electron chi connectivity index (χ1n) is 5.28.